The summed E-state index contributed by atoms with van der Waals surface area (Å²) in [6.07, 6.45) is 22.4. The van der Waals surface area contributed by atoms with Gasteiger partial charge < -0.3 is 78.3 Å². The highest BCUT2D eigenvalue weighted by atomic mass is 16.5. The van der Waals surface area contributed by atoms with Crippen molar-refractivity contribution in [2.45, 2.75) is 297 Å². The zero-order valence-corrected chi connectivity index (χ0v) is 77.3. The van der Waals surface area contributed by atoms with Crippen LogP contribution in [0.1, 0.15) is 263 Å². The molecule has 9 heterocycles. The summed E-state index contributed by atoms with van der Waals surface area (Å²) < 4.78 is 24.8. The fraction of sp³-hybridized carbons (Fsp3) is 0.570. The Hall–Kier alpha value is -9.98. The summed E-state index contributed by atoms with van der Waals surface area (Å²) in [5.41, 5.74) is 34.5. The van der Waals surface area contributed by atoms with Gasteiger partial charge in [0.15, 0.2) is 35.7 Å². The van der Waals surface area contributed by atoms with Gasteiger partial charge in [0.05, 0.1) is 77.5 Å². The number of amides is 5. The molecule has 16 N–H and O–H groups in total. The third-order valence-corrected chi connectivity index (χ3v) is 37.9. The smallest absolute Gasteiger partial charge is 0.252 e. The standard InChI is InChI=1S/C22H26N2O4.C22H26N2O3.C22H28N2O3.C21H24N2O4.C20H22N2O4/c1-12(2)6-9-24-10-8-21-17-13-3-4-14(20(23)26)18(17)28-19(21)15(25)5-7-22(21,27)16(24)11-13;1-12-6-7-22(26)16-10-14-4-5-15(20(23)25)18-17(14)21(22,19(12)27-18)8-9-24(16)11-13-2-3-13;1-13-6-7-22(27)17-10-15-4-5-16(20(23)26)19(25)18(15)21(22,11-13)8-9-24(17)12-14-2-3-14;22-19(25)13-4-3-12-9-15-21(26)6-5-14(24)18-20(21,16(12)17(13)27-18)7-8-23(15)10-11-1-2-11;1-2-8-22-9-7-19-15-11-3-4-12(18(21)24)16(15)26-17(19)13(23)5-6-20(19,25)14(22)10-11/h3-4,6,16,19,27H,5,7-11H2,1-2H3,(H2,23,26);4-5,13,16,19,26H,1-3,6-11H2,(H2,23,25);4-5,14,17,25,27H,1-3,6-12H2,(H2,23,26);3-4,11,15,18,26H,1-2,5-10H2,(H2,22,25);2-4,14,17,25H,1,5-10H2,(H2,21,24)/t2*16-,19+,21+,22-;17-,21-,22-;15-,18+,20+,21-;14-,17+,19+,20-/m11111/s1. The minimum absolute atomic E-state index is 0.00364. The minimum Gasteiger partial charge on any atom is -0.507 e. The molecular formula is C107H126N10O18. The molecule has 5 saturated heterocycles. The summed E-state index contributed by atoms with van der Waals surface area (Å²) >= 11 is 0. The Morgan fingerprint density at radius 3 is 1.03 bits per heavy atom. The molecule has 19 atom stereocenters. The number of likely N-dealkylation sites (tertiary alicyclic amines) is 5. The number of primary amides is 5. The molecule has 10 bridgehead atoms. The number of aromatic hydroxyl groups is 1. The maximum absolute atomic E-state index is 12.9. The molecule has 28 nitrogen and oxygen atoms in total. The van der Waals surface area contributed by atoms with E-state index in [0.717, 1.165) is 183 Å². The van der Waals surface area contributed by atoms with Crippen molar-refractivity contribution in [2.24, 2.45) is 46.4 Å². The van der Waals surface area contributed by atoms with E-state index in [9.17, 15) is 69.0 Å². The number of Topliss-reactive ketones (excluding diaryl/α,β-unsaturated/α-hetero) is 3. The van der Waals surface area contributed by atoms with E-state index in [1.165, 1.54) is 49.7 Å². The molecule has 28 heteroatoms. The largest absolute Gasteiger partial charge is 0.507 e. The predicted octanol–water partition coefficient (Wildman–Crippen LogP) is 7.23. The molecule has 13 fully saturated rings. The average Bonchev–Trinajstić information content (AvgIpc) is 1.53. The van der Waals surface area contributed by atoms with Crippen LogP contribution in [0.15, 0.2) is 109 Å². The number of carbonyl (C=O) groups excluding carboxylic acids is 8. The van der Waals surface area contributed by atoms with Crippen LogP contribution < -0.4 is 47.6 Å². The monoisotopic (exact) mass is 1840 g/mol. The van der Waals surface area contributed by atoms with Crippen LogP contribution in [-0.4, -0.2) is 250 Å². The third-order valence-electron chi connectivity index (χ3n) is 37.9. The van der Waals surface area contributed by atoms with E-state index in [1.807, 2.05) is 36.4 Å². The topological polar surface area (TPSA) is 441 Å². The first-order valence-electron chi connectivity index (χ1n) is 49.7. The van der Waals surface area contributed by atoms with E-state index in [4.69, 9.17) is 47.6 Å². The highest BCUT2D eigenvalue weighted by molar-refractivity contribution is 6.02. The number of allylic oxidation sites excluding steroid dienone is 2. The van der Waals surface area contributed by atoms with Crippen LogP contribution in [-0.2, 0) is 73.6 Å². The maximum Gasteiger partial charge on any atom is 0.252 e. The lowest BCUT2D eigenvalue weighted by Gasteiger charge is -2.64. The summed E-state index contributed by atoms with van der Waals surface area (Å²) in [6, 6.07) is 18.3. The van der Waals surface area contributed by atoms with Crippen LogP contribution in [0.5, 0.6) is 28.7 Å². The Morgan fingerprint density at radius 2 is 0.681 bits per heavy atom. The molecular weight excluding hydrogens is 1710 g/mol. The van der Waals surface area contributed by atoms with Gasteiger partial charge in [0.1, 0.15) is 34.9 Å². The van der Waals surface area contributed by atoms with Gasteiger partial charge in [0.2, 0.25) is 0 Å². The van der Waals surface area contributed by atoms with Crippen molar-refractivity contribution in [3.05, 3.63) is 193 Å². The van der Waals surface area contributed by atoms with E-state index < -0.39 is 103 Å². The van der Waals surface area contributed by atoms with Crippen LogP contribution in [0.25, 0.3) is 0 Å². The second-order valence-corrected chi connectivity index (χ2v) is 44.5. The molecule has 5 aromatic carbocycles. The van der Waals surface area contributed by atoms with Gasteiger partial charge in [-0.05, 0) is 269 Å². The van der Waals surface area contributed by atoms with Crippen LogP contribution >= 0.6 is 0 Å². The normalized spacial score (nSPS) is 37.1. The van der Waals surface area contributed by atoms with Crippen LogP contribution in [0, 0.1) is 17.8 Å². The van der Waals surface area contributed by atoms with Crippen LogP contribution in [0.3, 0.4) is 0 Å². The number of hydrogen-bond donors (Lipinski definition) is 11. The van der Waals surface area contributed by atoms with Crippen molar-refractivity contribution in [2.75, 3.05) is 65.4 Å². The van der Waals surface area contributed by atoms with Crippen molar-refractivity contribution < 1.29 is 87.9 Å². The van der Waals surface area contributed by atoms with Gasteiger partial charge in [-0.15, -0.1) is 6.58 Å². The molecule has 0 radical (unpaired) electrons. The van der Waals surface area contributed by atoms with Crippen molar-refractivity contribution in [1.29, 1.82) is 0 Å². The van der Waals surface area contributed by atoms with E-state index in [1.54, 1.807) is 30.3 Å². The fourth-order valence-corrected chi connectivity index (χ4v) is 31.4. The second-order valence-electron chi connectivity index (χ2n) is 44.5. The molecule has 4 spiro atoms. The Kier molecular flexibility index (Phi) is 20.3. The number of hydrogen-bond acceptors (Lipinski definition) is 23. The van der Waals surface area contributed by atoms with Crippen molar-refractivity contribution in [1.82, 2.24) is 24.5 Å². The Bertz CT molecular complexity index is 5950. The van der Waals surface area contributed by atoms with Gasteiger partial charge in [-0.3, -0.25) is 62.9 Å². The second kappa shape index (κ2) is 30.8. The first-order chi connectivity index (χ1) is 64.5. The first kappa shape index (κ1) is 89.0. The minimum atomic E-state index is -1.05. The average molecular weight is 1840 g/mol. The van der Waals surface area contributed by atoms with Crippen molar-refractivity contribution >= 4 is 46.9 Å². The summed E-state index contributed by atoms with van der Waals surface area (Å²) in [7, 11) is 0. The summed E-state index contributed by atoms with van der Waals surface area (Å²) in [5, 5.41) is 71.4. The number of nitrogens with two attached hydrogens (primary N) is 5. The number of ketones is 3. The lowest BCUT2D eigenvalue weighted by Crippen LogP contribution is -2.76. The number of rotatable bonds is 15. The molecule has 8 saturated carbocycles. The van der Waals surface area contributed by atoms with Gasteiger partial charge in [-0.1, -0.05) is 66.8 Å². The molecule has 0 unspecified atom stereocenters. The van der Waals surface area contributed by atoms with Crippen molar-refractivity contribution in [3.8, 4) is 28.7 Å². The molecule has 0 aromatic heterocycles. The molecule has 5 amide bonds. The number of aliphatic hydroxyl groups is 5. The van der Waals surface area contributed by atoms with Gasteiger partial charge in [0, 0.05) is 129 Å². The number of nitrogens with zero attached hydrogens (tertiary/aromatic N) is 5. The summed E-state index contributed by atoms with van der Waals surface area (Å²) in [4.78, 5) is 110. The Morgan fingerprint density at radius 1 is 0.385 bits per heavy atom. The number of piperidine rings is 5. The lowest BCUT2D eigenvalue weighted by molar-refractivity contribution is -0.188. The third kappa shape index (κ3) is 12.1. The molecule has 712 valence electrons. The van der Waals surface area contributed by atoms with E-state index in [0.29, 0.717) is 135 Å². The SMILES string of the molecule is C=C1CC[C@@]2(O)[C@H]3Cc4ccc(C(N)=O)c(O)c4[C@@]2(CCN3CC2CC2)C1.C=C1CC[C@@]2(O)[C@H]3Cc4ccc(C(N)=O)c5c4[C@@]2(CCN3CC2CC2)[C@H]1O5.C=CCN1CC[C@]23c4c5ccc(C(N)=O)c4O[C@H]2C(=O)CC[C@@]3(O)[C@H]1C5.CC(C)=CCN1CC[C@]23c4c5ccc(C(N)=O)c4O[C@H]2C(=O)CC[C@@]3(O)[C@H]1C5.NC(=O)c1ccc2c3c1O[C@H]1C(=O)CC[C@@]4(O)[C@@H](C2)N(CC2CC2)CC[C@]314. The highest BCUT2D eigenvalue weighted by Gasteiger charge is 2.78. The number of carbonyl (C=O) groups is 8. The van der Waals surface area contributed by atoms with Gasteiger partial charge >= 0.3 is 0 Å². The number of ether oxygens (including phenoxy) is 4. The zero-order valence-electron chi connectivity index (χ0n) is 77.3. The predicted molar refractivity (Wildman–Crippen MR) is 498 cm³/mol. The molecule has 5 aromatic rings. The summed E-state index contributed by atoms with van der Waals surface area (Å²) in [5.74, 6) is 1.48. The van der Waals surface area contributed by atoms with Crippen LogP contribution in [0.4, 0.5) is 0 Å². The van der Waals surface area contributed by atoms with E-state index in [-0.39, 0.29) is 71.4 Å². The lowest BCUT2D eigenvalue weighted by atomic mass is 9.48. The fourth-order valence-electron chi connectivity index (χ4n) is 31.4. The van der Waals surface area contributed by atoms with E-state index in [2.05, 4.69) is 64.2 Å². The zero-order chi connectivity index (χ0) is 94.2. The van der Waals surface area contributed by atoms with Gasteiger partial charge in [0.25, 0.3) is 29.5 Å². The number of fused-ring (bicyclic) bond motifs is 1. The van der Waals surface area contributed by atoms with E-state index >= 15 is 0 Å². The summed E-state index contributed by atoms with van der Waals surface area (Å²) in [6.45, 7) is 25.5. The highest BCUT2D eigenvalue weighted by Crippen LogP contribution is 2.71. The molecule has 9 aliphatic heterocycles. The Labute approximate surface area is 785 Å². The molecule has 135 heavy (non-hydrogen) atoms. The van der Waals surface area contributed by atoms with Crippen LogP contribution in [0.2, 0.25) is 0 Å². The number of benzene rings is 5. The number of phenols is 1. The molecule has 13 aliphatic carbocycles. The Balaban J connectivity index is 0.0000000951. The van der Waals surface area contributed by atoms with Gasteiger partial charge in [-0.25, -0.2) is 0 Å². The maximum atomic E-state index is 12.9. The molecule has 22 aliphatic rings. The van der Waals surface area contributed by atoms with Crippen molar-refractivity contribution in [3.63, 3.8) is 0 Å². The van der Waals surface area contributed by atoms with Gasteiger partial charge in [-0.2, -0.15) is 0 Å². The quantitative estimate of drug-likeness (QED) is 0.0460. The molecule has 27 rings (SSSR count). The first-order valence-corrected chi connectivity index (χ1v) is 49.7.